The molecule has 2 bridgehead atoms. The van der Waals surface area contributed by atoms with Crippen LogP contribution in [0.1, 0.15) is 44.0 Å². The third-order valence-electron chi connectivity index (χ3n) is 5.03. The number of nitrogens with zero attached hydrogens (tertiary/aromatic N) is 4. The van der Waals surface area contributed by atoms with Crippen molar-refractivity contribution >= 4 is 17.4 Å². The SMILES string of the molecule is CCCc1nc(Cl)c(C)c(N2CCC3CCC(C2)N3C)n1. The highest BCUT2D eigenvalue weighted by molar-refractivity contribution is 6.30. The van der Waals surface area contributed by atoms with Crippen molar-refractivity contribution in [3.05, 3.63) is 16.5 Å². The summed E-state index contributed by atoms with van der Waals surface area (Å²) in [6.07, 6.45) is 5.81. The molecular weight excluding hydrogens is 284 g/mol. The number of hydrogen-bond donors (Lipinski definition) is 0. The lowest BCUT2D eigenvalue weighted by Crippen LogP contribution is -2.37. The second-order valence-electron chi connectivity index (χ2n) is 6.41. The van der Waals surface area contributed by atoms with Gasteiger partial charge in [0.25, 0.3) is 0 Å². The smallest absolute Gasteiger partial charge is 0.137 e. The predicted molar refractivity (Wildman–Crippen MR) is 87.2 cm³/mol. The van der Waals surface area contributed by atoms with Crippen LogP contribution < -0.4 is 4.90 Å². The van der Waals surface area contributed by atoms with E-state index in [4.69, 9.17) is 16.6 Å². The van der Waals surface area contributed by atoms with Crippen molar-refractivity contribution in [2.24, 2.45) is 0 Å². The Morgan fingerprint density at radius 1 is 1.19 bits per heavy atom. The summed E-state index contributed by atoms with van der Waals surface area (Å²) in [7, 11) is 2.27. The third kappa shape index (κ3) is 2.88. The highest BCUT2D eigenvalue weighted by atomic mass is 35.5. The summed E-state index contributed by atoms with van der Waals surface area (Å²) in [5, 5.41) is 0.617. The van der Waals surface area contributed by atoms with Gasteiger partial charge in [0.2, 0.25) is 0 Å². The molecule has 21 heavy (non-hydrogen) atoms. The molecule has 5 heteroatoms. The van der Waals surface area contributed by atoms with Crippen LogP contribution in [0, 0.1) is 6.92 Å². The minimum Gasteiger partial charge on any atom is -0.355 e. The van der Waals surface area contributed by atoms with Crippen LogP contribution in [-0.4, -0.2) is 47.1 Å². The zero-order chi connectivity index (χ0) is 15.0. The number of fused-ring (bicyclic) bond motifs is 2. The Bertz CT molecular complexity index is 519. The fourth-order valence-corrected chi connectivity index (χ4v) is 3.85. The summed E-state index contributed by atoms with van der Waals surface area (Å²) in [5.41, 5.74) is 1.02. The molecule has 2 aliphatic heterocycles. The second-order valence-corrected chi connectivity index (χ2v) is 6.77. The van der Waals surface area contributed by atoms with Gasteiger partial charge in [0, 0.05) is 37.2 Å². The van der Waals surface area contributed by atoms with E-state index >= 15 is 0 Å². The van der Waals surface area contributed by atoms with Crippen molar-refractivity contribution in [3.63, 3.8) is 0 Å². The molecular formula is C16H25ClN4. The van der Waals surface area contributed by atoms with Gasteiger partial charge in [-0.25, -0.2) is 9.97 Å². The van der Waals surface area contributed by atoms with E-state index in [1.54, 1.807) is 0 Å². The van der Waals surface area contributed by atoms with E-state index in [-0.39, 0.29) is 0 Å². The lowest BCUT2D eigenvalue weighted by Gasteiger charge is -2.28. The number of halogens is 1. The standard InChI is InChI=1S/C16H25ClN4/c1-4-5-14-18-15(17)11(2)16(19-14)21-9-8-12-6-7-13(10-21)20(12)3/h12-13H,4-10H2,1-3H3. The zero-order valence-electron chi connectivity index (χ0n) is 13.3. The maximum absolute atomic E-state index is 6.33. The molecule has 2 unspecified atom stereocenters. The van der Waals surface area contributed by atoms with Gasteiger partial charge in [0.1, 0.15) is 16.8 Å². The second kappa shape index (κ2) is 6.09. The van der Waals surface area contributed by atoms with Gasteiger partial charge in [0.15, 0.2) is 0 Å². The quantitative estimate of drug-likeness (QED) is 0.803. The summed E-state index contributed by atoms with van der Waals surface area (Å²) < 4.78 is 0. The van der Waals surface area contributed by atoms with Crippen LogP contribution in [0.2, 0.25) is 5.15 Å². The fourth-order valence-electron chi connectivity index (χ4n) is 3.66. The van der Waals surface area contributed by atoms with Crippen molar-refractivity contribution in [1.29, 1.82) is 0 Å². The number of anilines is 1. The monoisotopic (exact) mass is 308 g/mol. The molecule has 2 atom stereocenters. The molecule has 0 aliphatic carbocycles. The van der Waals surface area contributed by atoms with Crippen LogP contribution in [0.25, 0.3) is 0 Å². The first-order valence-electron chi connectivity index (χ1n) is 8.10. The van der Waals surface area contributed by atoms with Gasteiger partial charge < -0.3 is 4.90 Å². The van der Waals surface area contributed by atoms with Crippen LogP contribution in [0.5, 0.6) is 0 Å². The largest absolute Gasteiger partial charge is 0.355 e. The maximum Gasteiger partial charge on any atom is 0.137 e. The molecule has 3 rings (SSSR count). The fraction of sp³-hybridized carbons (Fsp3) is 0.750. The topological polar surface area (TPSA) is 32.3 Å². The van der Waals surface area contributed by atoms with Gasteiger partial charge in [-0.2, -0.15) is 0 Å². The molecule has 0 amide bonds. The van der Waals surface area contributed by atoms with Crippen LogP contribution in [-0.2, 0) is 6.42 Å². The van der Waals surface area contributed by atoms with Crippen molar-refractivity contribution in [2.45, 2.75) is 58.0 Å². The first kappa shape index (κ1) is 15.0. The first-order chi connectivity index (χ1) is 10.1. The van der Waals surface area contributed by atoms with Crippen LogP contribution in [0.3, 0.4) is 0 Å². The normalized spacial score (nSPS) is 26.2. The number of aryl methyl sites for hydroxylation is 1. The lowest BCUT2D eigenvalue weighted by atomic mass is 10.1. The molecule has 4 nitrogen and oxygen atoms in total. The summed E-state index contributed by atoms with van der Waals surface area (Å²) >= 11 is 6.33. The van der Waals surface area contributed by atoms with Gasteiger partial charge >= 0.3 is 0 Å². The van der Waals surface area contributed by atoms with Crippen molar-refractivity contribution in [3.8, 4) is 0 Å². The molecule has 2 aliphatic rings. The summed E-state index contributed by atoms with van der Waals surface area (Å²) in [4.78, 5) is 14.2. The average Bonchev–Trinajstić information content (AvgIpc) is 2.68. The molecule has 1 aromatic rings. The molecule has 0 N–H and O–H groups in total. The van der Waals surface area contributed by atoms with Gasteiger partial charge in [0.05, 0.1) is 0 Å². The molecule has 2 fully saturated rings. The molecule has 2 saturated heterocycles. The van der Waals surface area contributed by atoms with E-state index in [9.17, 15) is 0 Å². The Balaban J connectivity index is 1.89. The Kier molecular flexibility index (Phi) is 4.36. The molecule has 0 spiro atoms. The molecule has 3 heterocycles. The highest BCUT2D eigenvalue weighted by Crippen LogP contribution is 2.32. The van der Waals surface area contributed by atoms with Crippen molar-refractivity contribution in [1.82, 2.24) is 14.9 Å². The molecule has 0 aromatic carbocycles. The number of rotatable bonds is 3. The van der Waals surface area contributed by atoms with E-state index in [0.717, 1.165) is 49.2 Å². The van der Waals surface area contributed by atoms with Gasteiger partial charge in [-0.1, -0.05) is 18.5 Å². The van der Waals surface area contributed by atoms with E-state index in [2.05, 4.69) is 28.8 Å². The molecule has 0 radical (unpaired) electrons. The molecule has 116 valence electrons. The van der Waals surface area contributed by atoms with Gasteiger partial charge in [-0.05, 0) is 39.7 Å². The third-order valence-corrected chi connectivity index (χ3v) is 5.40. The Hall–Kier alpha value is -0.870. The minimum absolute atomic E-state index is 0.617. The zero-order valence-corrected chi connectivity index (χ0v) is 14.0. The van der Waals surface area contributed by atoms with Crippen molar-refractivity contribution < 1.29 is 0 Å². The van der Waals surface area contributed by atoms with E-state index in [0.29, 0.717) is 11.2 Å². The van der Waals surface area contributed by atoms with Crippen molar-refractivity contribution in [2.75, 3.05) is 25.0 Å². The summed E-state index contributed by atoms with van der Waals surface area (Å²) in [6.45, 7) is 6.33. The van der Waals surface area contributed by atoms with Gasteiger partial charge in [-0.3, -0.25) is 4.90 Å². The lowest BCUT2D eigenvalue weighted by molar-refractivity contribution is 0.254. The highest BCUT2D eigenvalue weighted by Gasteiger charge is 2.35. The Morgan fingerprint density at radius 2 is 1.95 bits per heavy atom. The number of likely N-dealkylation sites (N-methyl/N-ethyl adjacent to an activating group) is 1. The average molecular weight is 309 g/mol. The first-order valence-corrected chi connectivity index (χ1v) is 8.47. The number of hydrogen-bond acceptors (Lipinski definition) is 4. The summed E-state index contributed by atoms with van der Waals surface area (Å²) in [5.74, 6) is 1.94. The van der Waals surface area contributed by atoms with Gasteiger partial charge in [-0.15, -0.1) is 0 Å². The minimum atomic E-state index is 0.617. The Labute approximate surface area is 132 Å². The van der Waals surface area contributed by atoms with Crippen LogP contribution in [0.4, 0.5) is 5.82 Å². The Morgan fingerprint density at radius 3 is 2.71 bits per heavy atom. The molecule has 0 saturated carbocycles. The van der Waals surface area contributed by atoms with Crippen LogP contribution in [0.15, 0.2) is 0 Å². The van der Waals surface area contributed by atoms with Crippen LogP contribution >= 0.6 is 11.6 Å². The maximum atomic E-state index is 6.33. The predicted octanol–water partition coefficient (Wildman–Crippen LogP) is 3.06. The molecule has 1 aromatic heterocycles. The summed E-state index contributed by atoms with van der Waals surface area (Å²) in [6, 6.07) is 1.40. The van der Waals surface area contributed by atoms with E-state index < -0.39 is 0 Å². The van der Waals surface area contributed by atoms with E-state index in [1.165, 1.54) is 19.3 Å². The van der Waals surface area contributed by atoms with E-state index in [1.807, 2.05) is 6.92 Å². The number of aromatic nitrogens is 2.